The number of thiazole rings is 1. The predicted octanol–water partition coefficient (Wildman–Crippen LogP) is 4.15. The summed E-state index contributed by atoms with van der Waals surface area (Å²) in [5.41, 5.74) is 4.98. The van der Waals surface area contributed by atoms with Crippen molar-refractivity contribution >= 4 is 38.2 Å². The molecule has 1 N–H and O–H groups in total. The fraction of sp³-hybridized carbons (Fsp3) is 0.292. The van der Waals surface area contributed by atoms with E-state index in [1.165, 1.54) is 73.5 Å². The van der Waals surface area contributed by atoms with E-state index in [-0.39, 0.29) is 17.2 Å². The zero-order chi connectivity index (χ0) is 23.6. The highest BCUT2D eigenvalue weighted by Crippen LogP contribution is 2.29. The van der Waals surface area contributed by atoms with Crippen LogP contribution in [0.1, 0.15) is 41.3 Å². The van der Waals surface area contributed by atoms with Crippen molar-refractivity contribution in [3.63, 3.8) is 0 Å². The fourth-order valence-corrected chi connectivity index (χ4v) is 5.71. The number of carbonyl (C=O) groups is 2. The molecular formula is C24H25N3O4S2. The first-order valence-electron chi connectivity index (χ1n) is 10.7. The summed E-state index contributed by atoms with van der Waals surface area (Å²) < 4.78 is 26.5. The highest BCUT2D eigenvalue weighted by molar-refractivity contribution is 7.89. The van der Waals surface area contributed by atoms with Gasteiger partial charge in [-0.3, -0.25) is 9.59 Å². The first-order valence-corrected chi connectivity index (χ1v) is 13.0. The van der Waals surface area contributed by atoms with Crippen LogP contribution in [0.3, 0.4) is 0 Å². The van der Waals surface area contributed by atoms with E-state index in [1.807, 2.05) is 5.38 Å². The maximum atomic E-state index is 12.8. The maximum absolute atomic E-state index is 12.8. The van der Waals surface area contributed by atoms with Gasteiger partial charge in [-0.25, -0.2) is 13.4 Å². The van der Waals surface area contributed by atoms with E-state index in [9.17, 15) is 18.0 Å². The average Bonchev–Trinajstić information content (AvgIpc) is 3.27. The lowest BCUT2D eigenvalue weighted by Gasteiger charge is -2.16. The number of Topliss-reactive ketones (excluding diaryl/α,β-unsaturated/α-hetero) is 1. The van der Waals surface area contributed by atoms with E-state index in [2.05, 4.69) is 28.5 Å². The Kier molecular flexibility index (Phi) is 6.73. The number of rotatable bonds is 7. The van der Waals surface area contributed by atoms with Crippen molar-refractivity contribution in [1.82, 2.24) is 9.29 Å². The van der Waals surface area contributed by atoms with Gasteiger partial charge in [-0.15, -0.1) is 11.3 Å². The number of sulfonamides is 1. The molecule has 0 atom stereocenters. The number of benzene rings is 2. The molecule has 3 aromatic rings. The van der Waals surface area contributed by atoms with Crippen LogP contribution in [0, 0.1) is 0 Å². The van der Waals surface area contributed by atoms with Gasteiger partial charge in [-0.1, -0.05) is 24.3 Å². The Hall–Kier alpha value is -2.88. The van der Waals surface area contributed by atoms with Crippen molar-refractivity contribution in [3.8, 4) is 11.3 Å². The molecule has 0 saturated heterocycles. The van der Waals surface area contributed by atoms with Crippen molar-refractivity contribution in [2.24, 2.45) is 0 Å². The highest BCUT2D eigenvalue weighted by atomic mass is 32.2. The van der Waals surface area contributed by atoms with Gasteiger partial charge >= 0.3 is 0 Å². The van der Waals surface area contributed by atoms with Crippen molar-refractivity contribution in [3.05, 3.63) is 64.5 Å². The van der Waals surface area contributed by atoms with Crippen LogP contribution in [0.2, 0.25) is 0 Å². The molecule has 172 valence electrons. The first-order chi connectivity index (χ1) is 15.7. The van der Waals surface area contributed by atoms with Gasteiger partial charge in [0.2, 0.25) is 15.9 Å². The largest absolute Gasteiger partial charge is 0.301 e. The van der Waals surface area contributed by atoms with Crippen LogP contribution in [0.15, 0.2) is 52.7 Å². The van der Waals surface area contributed by atoms with Gasteiger partial charge in [0, 0.05) is 23.6 Å². The summed E-state index contributed by atoms with van der Waals surface area (Å²) in [7, 11) is -2.53. The molecule has 4 rings (SSSR count). The Morgan fingerprint density at radius 3 is 2.45 bits per heavy atom. The summed E-state index contributed by atoms with van der Waals surface area (Å²) in [6, 6.07) is 12.0. The van der Waals surface area contributed by atoms with Gasteiger partial charge in [0.15, 0.2) is 10.9 Å². The maximum Gasteiger partial charge on any atom is 0.243 e. The Labute approximate surface area is 197 Å². The molecule has 0 radical (unpaired) electrons. The van der Waals surface area contributed by atoms with Gasteiger partial charge in [0.1, 0.15) is 0 Å². The number of likely N-dealkylation sites (N-methyl/N-ethyl adjacent to an activating group) is 1. The van der Waals surface area contributed by atoms with Crippen LogP contribution in [0.5, 0.6) is 0 Å². The van der Waals surface area contributed by atoms with Crippen LogP contribution in [-0.4, -0.2) is 43.0 Å². The molecule has 0 fully saturated rings. The Bertz CT molecular complexity index is 1300. The van der Waals surface area contributed by atoms with Crippen LogP contribution < -0.4 is 5.32 Å². The summed E-state index contributed by atoms with van der Waals surface area (Å²) in [5, 5.41) is 5.00. The molecular weight excluding hydrogens is 458 g/mol. The van der Waals surface area contributed by atoms with Crippen LogP contribution in [-0.2, 0) is 27.7 Å². The summed E-state index contributed by atoms with van der Waals surface area (Å²) in [5.74, 6) is -0.627. The molecule has 0 saturated carbocycles. The third kappa shape index (κ3) is 5.21. The Morgan fingerprint density at radius 2 is 1.76 bits per heavy atom. The van der Waals surface area contributed by atoms with Crippen LogP contribution in [0.4, 0.5) is 5.13 Å². The normalized spacial score (nSPS) is 13.5. The van der Waals surface area contributed by atoms with E-state index >= 15 is 0 Å². The van der Waals surface area contributed by atoms with Gasteiger partial charge < -0.3 is 5.32 Å². The number of aryl methyl sites for hydroxylation is 2. The van der Waals surface area contributed by atoms with E-state index in [4.69, 9.17) is 0 Å². The highest BCUT2D eigenvalue weighted by Gasteiger charge is 2.23. The molecule has 1 heterocycles. The molecule has 0 unspecified atom stereocenters. The number of carbonyl (C=O) groups excluding carboxylic acids is 2. The molecule has 1 aromatic heterocycles. The van der Waals surface area contributed by atoms with E-state index in [1.54, 1.807) is 0 Å². The average molecular weight is 484 g/mol. The molecule has 2 aromatic carbocycles. The van der Waals surface area contributed by atoms with Crippen LogP contribution >= 0.6 is 11.3 Å². The zero-order valence-corrected chi connectivity index (χ0v) is 20.1. The molecule has 1 amide bonds. The third-order valence-corrected chi connectivity index (χ3v) is 8.31. The number of nitrogens with zero attached hydrogens (tertiary/aromatic N) is 2. The SMILES string of the molecule is CC(=O)c1ccc(S(=O)(=O)N(C)CC(=O)Nc2nc(-c3ccc4c(c3)CCCC4)cs2)cc1. The third-order valence-electron chi connectivity index (χ3n) is 5.73. The smallest absolute Gasteiger partial charge is 0.243 e. The second-order valence-electron chi connectivity index (χ2n) is 8.12. The number of anilines is 1. The van der Waals surface area contributed by atoms with Crippen molar-refractivity contribution in [1.29, 1.82) is 0 Å². The van der Waals surface area contributed by atoms with E-state index in [0.29, 0.717) is 10.7 Å². The lowest BCUT2D eigenvalue weighted by Crippen LogP contribution is -2.34. The Morgan fingerprint density at radius 1 is 1.06 bits per heavy atom. The number of hydrogen-bond donors (Lipinski definition) is 1. The lowest BCUT2D eigenvalue weighted by atomic mass is 9.90. The number of nitrogens with one attached hydrogen (secondary N) is 1. The summed E-state index contributed by atoms with van der Waals surface area (Å²) >= 11 is 1.30. The number of amides is 1. The second-order valence-corrected chi connectivity index (χ2v) is 11.0. The number of ketones is 1. The first kappa shape index (κ1) is 23.3. The topological polar surface area (TPSA) is 96.4 Å². The monoisotopic (exact) mass is 483 g/mol. The fourth-order valence-electron chi connectivity index (χ4n) is 3.84. The van der Waals surface area contributed by atoms with Crippen LogP contribution in [0.25, 0.3) is 11.3 Å². The number of aromatic nitrogens is 1. The van der Waals surface area contributed by atoms with Crippen molar-refractivity contribution < 1.29 is 18.0 Å². The summed E-state index contributed by atoms with van der Waals surface area (Å²) in [6.07, 6.45) is 4.62. The van der Waals surface area contributed by atoms with Gasteiger partial charge in [-0.2, -0.15) is 4.31 Å². The summed E-state index contributed by atoms with van der Waals surface area (Å²) in [4.78, 5) is 28.4. The Balaban J connectivity index is 1.40. The molecule has 33 heavy (non-hydrogen) atoms. The molecule has 9 heteroatoms. The lowest BCUT2D eigenvalue weighted by molar-refractivity contribution is -0.116. The predicted molar refractivity (Wildman–Crippen MR) is 129 cm³/mol. The minimum absolute atomic E-state index is 0.0201. The number of hydrogen-bond acceptors (Lipinski definition) is 6. The molecule has 0 aliphatic heterocycles. The van der Waals surface area contributed by atoms with Crippen molar-refractivity contribution in [2.75, 3.05) is 18.9 Å². The number of fused-ring (bicyclic) bond motifs is 1. The zero-order valence-electron chi connectivity index (χ0n) is 18.5. The van der Waals surface area contributed by atoms with E-state index in [0.717, 1.165) is 28.4 Å². The summed E-state index contributed by atoms with van der Waals surface area (Å²) in [6.45, 7) is 1.06. The minimum atomic E-state index is -3.87. The molecule has 0 bridgehead atoms. The molecule has 0 spiro atoms. The molecule has 7 nitrogen and oxygen atoms in total. The molecule has 1 aliphatic rings. The van der Waals surface area contributed by atoms with Gasteiger partial charge in [0.05, 0.1) is 17.1 Å². The van der Waals surface area contributed by atoms with Crippen molar-refractivity contribution in [2.45, 2.75) is 37.5 Å². The second kappa shape index (κ2) is 9.54. The quantitative estimate of drug-likeness (QED) is 0.509. The molecule has 1 aliphatic carbocycles. The van der Waals surface area contributed by atoms with Gasteiger partial charge in [-0.05, 0) is 61.9 Å². The standard InChI is InChI=1S/C24H25N3O4S2/c1-16(28)17-9-11-21(12-10-17)33(30,31)27(2)14-23(29)26-24-25-22(15-32-24)20-8-7-18-5-3-4-6-19(18)13-20/h7-13,15H,3-6,14H2,1-2H3,(H,25,26,29). The van der Waals surface area contributed by atoms with E-state index < -0.39 is 15.9 Å². The van der Waals surface area contributed by atoms with Gasteiger partial charge in [0.25, 0.3) is 0 Å². The minimum Gasteiger partial charge on any atom is -0.301 e.